The number of carbonyl (C=O) groups is 3. The van der Waals surface area contributed by atoms with Gasteiger partial charge in [0.1, 0.15) is 5.00 Å². The van der Waals surface area contributed by atoms with Crippen molar-refractivity contribution in [2.24, 2.45) is 29.6 Å². The number of allylic oxidation sites excluding steroid dienone is 2. The van der Waals surface area contributed by atoms with E-state index in [-0.39, 0.29) is 23.7 Å². The van der Waals surface area contributed by atoms with Gasteiger partial charge in [0, 0.05) is 11.4 Å². The Labute approximate surface area is 228 Å². The van der Waals surface area contributed by atoms with Crippen LogP contribution < -0.4 is 10.6 Å². The maximum atomic E-state index is 13.8. The number of aliphatic carboxylic acids is 1. The standard InChI is InChI=1S/C31H38N2O4S/c1-5-18-10-11-20-23(14-18)38-30(27(20)28(34)32-15-19-8-6-17(4)7-9-19)33-29(35)25-21-12-13-22(24(21)16(2)3)26(25)31(36)37/h6-9,18,21-22,25-26H,5,10-15H2,1-4H3,(H,32,34)(H,33,35)(H,36,37). The number of fused-ring (bicyclic) bond motifs is 3. The van der Waals surface area contributed by atoms with Crippen molar-refractivity contribution in [2.45, 2.75) is 72.8 Å². The second kappa shape index (κ2) is 10.7. The Kier molecular flexibility index (Phi) is 7.49. The van der Waals surface area contributed by atoms with Crippen LogP contribution in [0.3, 0.4) is 0 Å². The summed E-state index contributed by atoms with van der Waals surface area (Å²) in [6.07, 6.45) is 5.52. The lowest BCUT2D eigenvalue weighted by Gasteiger charge is -2.26. The molecule has 1 heterocycles. The van der Waals surface area contributed by atoms with Crippen molar-refractivity contribution in [1.82, 2.24) is 5.32 Å². The van der Waals surface area contributed by atoms with Crippen LogP contribution in [0, 0.1) is 36.5 Å². The molecule has 2 amide bonds. The number of carboxylic acids is 1. The summed E-state index contributed by atoms with van der Waals surface area (Å²) in [5.74, 6) is -2.19. The fourth-order valence-electron chi connectivity index (χ4n) is 7.11. The van der Waals surface area contributed by atoms with Crippen LogP contribution in [0.4, 0.5) is 5.00 Å². The number of thiophene rings is 1. The minimum atomic E-state index is -0.900. The van der Waals surface area contributed by atoms with Crippen LogP contribution in [-0.2, 0) is 29.0 Å². The summed E-state index contributed by atoms with van der Waals surface area (Å²) in [5, 5.41) is 16.8. The van der Waals surface area contributed by atoms with Gasteiger partial charge in [-0.15, -0.1) is 11.3 Å². The molecule has 202 valence electrons. The molecule has 5 unspecified atom stereocenters. The summed E-state index contributed by atoms with van der Waals surface area (Å²) in [4.78, 5) is 40.8. The number of anilines is 1. The molecule has 3 N–H and O–H groups in total. The van der Waals surface area contributed by atoms with Gasteiger partial charge in [0.05, 0.1) is 17.4 Å². The van der Waals surface area contributed by atoms with Gasteiger partial charge in [-0.3, -0.25) is 14.4 Å². The van der Waals surface area contributed by atoms with Crippen molar-refractivity contribution in [3.8, 4) is 0 Å². The molecule has 0 spiro atoms. The number of rotatable bonds is 7. The van der Waals surface area contributed by atoms with Crippen LogP contribution in [0.2, 0.25) is 0 Å². The molecule has 0 radical (unpaired) electrons. The third kappa shape index (κ3) is 4.81. The fraction of sp³-hybridized carbons (Fsp3) is 0.516. The first-order chi connectivity index (χ1) is 18.2. The van der Waals surface area contributed by atoms with Gasteiger partial charge in [0.25, 0.3) is 5.91 Å². The van der Waals surface area contributed by atoms with Gasteiger partial charge in [0.2, 0.25) is 5.91 Å². The molecule has 2 fully saturated rings. The highest BCUT2D eigenvalue weighted by molar-refractivity contribution is 7.17. The zero-order valence-electron chi connectivity index (χ0n) is 22.7. The van der Waals surface area contributed by atoms with Crippen LogP contribution in [0.15, 0.2) is 35.4 Å². The van der Waals surface area contributed by atoms with Gasteiger partial charge in [-0.25, -0.2) is 0 Å². The third-order valence-corrected chi connectivity index (χ3v) is 10.2. The number of amides is 2. The van der Waals surface area contributed by atoms with Crippen LogP contribution in [0.1, 0.15) is 78.4 Å². The van der Waals surface area contributed by atoms with E-state index in [1.54, 1.807) is 0 Å². The summed E-state index contributed by atoms with van der Waals surface area (Å²) in [6.45, 7) is 8.68. The summed E-state index contributed by atoms with van der Waals surface area (Å²) >= 11 is 1.50. The number of hydrogen-bond acceptors (Lipinski definition) is 4. The molecule has 2 bridgehead atoms. The Balaban J connectivity index is 1.43. The first-order valence-electron chi connectivity index (χ1n) is 13.9. The van der Waals surface area contributed by atoms with Gasteiger partial charge in [-0.1, -0.05) is 54.3 Å². The summed E-state index contributed by atoms with van der Waals surface area (Å²) in [7, 11) is 0. The predicted molar refractivity (Wildman–Crippen MR) is 150 cm³/mol. The van der Waals surface area contributed by atoms with Gasteiger partial charge >= 0.3 is 5.97 Å². The highest BCUT2D eigenvalue weighted by atomic mass is 32.1. The molecule has 2 aromatic rings. The van der Waals surface area contributed by atoms with Crippen molar-refractivity contribution < 1.29 is 19.5 Å². The van der Waals surface area contributed by atoms with E-state index in [0.717, 1.165) is 60.8 Å². The molecule has 7 heteroatoms. The van der Waals surface area contributed by atoms with E-state index in [4.69, 9.17) is 0 Å². The molecule has 1 aromatic carbocycles. The average molecular weight is 535 g/mol. The zero-order valence-corrected chi connectivity index (χ0v) is 23.5. The number of benzene rings is 1. The third-order valence-electron chi connectivity index (χ3n) is 8.99. The van der Waals surface area contributed by atoms with Gasteiger partial charge in [0.15, 0.2) is 0 Å². The normalized spacial score (nSPS) is 25.7. The topological polar surface area (TPSA) is 95.5 Å². The van der Waals surface area contributed by atoms with E-state index in [2.05, 4.69) is 17.6 Å². The molecule has 3 aliphatic rings. The molecule has 1 aromatic heterocycles. The lowest BCUT2D eigenvalue weighted by atomic mass is 9.78. The number of aryl methyl sites for hydroxylation is 1. The Hall–Kier alpha value is -2.93. The van der Waals surface area contributed by atoms with Gasteiger partial charge < -0.3 is 15.7 Å². The van der Waals surface area contributed by atoms with Crippen molar-refractivity contribution in [3.05, 3.63) is 62.5 Å². The fourth-order valence-corrected chi connectivity index (χ4v) is 8.47. The molecule has 5 rings (SSSR count). The number of hydrogen-bond donors (Lipinski definition) is 3. The number of carboxylic acid groups (broad SMARTS) is 1. The lowest BCUT2D eigenvalue weighted by Crippen LogP contribution is -2.38. The van der Waals surface area contributed by atoms with E-state index in [1.165, 1.54) is 21.8 Å². The quantitative estimate of drug-likeness (QED) is 0.372. The summed E-state index contributed by atoms with van der Waals surface area (Å²) < 4.78 is 0. The monoisotopic (exact) mass is 534 g/mol. The lowest BCUT2D eigenvalue weighted by molar-refractivity contribution is -0.148. The molecular weight excluding hydrogens is 496 g/mol. The van der Waals surface area contributed by atoms with Crippen molar-refractivity contribution >= 4 is 34.1 Å². The molecule has 6 nitrogen and oxygen atoms in total. The van der Waals surface area contributed by atoms with Crippen LogP contribution in [0.5, 0.6) is 0 Å². The molecule has 2 saturated carbocycles. The Bertz CT molecular complexity index is 1290. The molecular formula is C31H38N2O4S. The maximum Gasteiger partial charge on any atom is 0.307 e. The highest BCUT2D eigenvalue weighted by Crippen LogP contribution is 2.57. The maximum absolute atomic E-state index is 13.8. The molecule has 5 atom stereocenters. The van der Waals surface area contributed by atoms with Gasteiger partial charge in [-0.2, -0.15) is 0 Å². The van der Waals surface area contributed by atoms with E-state index >= 15 is 0 Å². The molecule has 38 heavy (non-hydrogen) atoms. The first kappa shape index (κ1) is 26.7. The highest BCUT2D eigenvalue weighted by Gasteiger charge is 2.57. The number of carbonyl (C=O) groups excluding carboxylic acids is 2. The first-order valence-corrected chi connectivity index (χ1v) is 14.7. The Morgan fingerprint density at radius 1 is 1.03 bits per heavy atom. The Morgan fingerprint density at radius 3 is 2.34 bits per heavy atom. The van der Waals surface area contributed by atoms with Crippen molar-refractivity contribution in [3.63, 3.8) is 0 Å². The van der Waals surface area contributed by atoms with E-state index < -0.39 is 17.8 Å². The van der Waals surface area contributed by atoms with Crippen LogP contribution in [-0.4, -0.2) is 22.9 Å². The van der Waals surface area contributed by atoms with Crippen molar-refractivity contribution in [1.29, 1.82) is 0 Å². The molecule has 0 aliphatic heterocycles. The minimum absolute atomic E-state index is 0.0380. The Morgan fingerprint density at radius 2 is 1.71 bits per heavy atom. The van der Waals surface area contributed by atoms with E-state index in [9.17, 15) is 19.5 Å². The predicted octanol–water partition coefficient (Wildman–Crippen LogP) is 6.13. The number of nitrogens with one attached hydrogen (secondary N) is 2. The molecule has 3 aliphatic carbocycles. The van der Waals surface area contributed by atoms with Gasteiger partial charge in [-0.05, 0) is 81.8 Å². The second-order valence-electron chi connectivity index (χ2n) is 11.5. The average Bonchev–Trinajstić information content (AvgIpc) is 3.57. The molecule has 0 saturated heterocycles. The van der Waals surface area contributed by atoms with E-state index in [0.29, 0.717) is 23.0 Å². The SMILES string of the molecule is CCC1CCc2c(sc(NC(=O)C3C4CCC(C4=C(C)C)C3C(=O)O)c2C(=O)NCc2ccc(C)cc2)C1. The minimum Gasteiger partial charge on any atom is -0.481 e. The smallest absolute Gasteiger partial charge is 0.307 e. The zero-order chi connectivity index (χ0) is 27.1. The van der Waals surface area contributed by atoms with Crippen molar-refractivity contribution in [2.75, 3.05) is 5.32 Å². The summed E-state index contributed by atoms with van der Waals surface area (Å²) in [6, 6.07) is 8.07. The van der Waals surface area contributed by atoms with E-state index in [1.807, 2.05) is 45.0 Å². The van der Waals surface area contributed by atoms with Crippen LogP contribution >= 0.6 is 11.3 Å². The van der Waals surface area contributed by atoms with Crippen LogP contribution in [0.25, 0.3) is 0 Å². The second-order valence-corrected chi connectivity index (χ2v) is 12.6. The largest absolute Gasteiger partial charge is 0.481 e. The summed E-state index contributed by atoms with van der Waals surface area (Å²) in [5.41, 5.74) is 6.09.